The van der Waals surface area contributed by atoms with E-state index < -0.39 is 5.79 Å². The van der Waals surface area contributed by atoms with E-state index in [1.165, 1.54) is 6.42 Å². The second-order valence-electron chi connectivity index (χ2n) is 5.70. The van der Waals surface area contributed by atoms with Crippen LogP contribution in [0.2, 0.25) is 0 Å². The zero-order valence-electron chi connectivity index (χ0n) is 13.7. The lowest BCUT2D eigenvalue weighted by atomic mass is 10.3. The van der Waals surface area contributed by atoms with Crippen molar-refractivity contribution < 1.29 is 14.2 Å². The van der Waals surface area contributed by atoms with Crippen LogP contribution in [-0.2, 0) is 14.2 Å². The van der Waals surface area contributed by atoms with Gasteiger partial charge < -0.3 is 14.2 Å². The fourth-order valence-corrected chi connectivity index (χ4v) is 2.01. The summed E-state index contributed by atoms with van der Waals surface area (Å²) < 4.78 is 16.8. The molecule has 0 radical (unpaired) electrons. The van der Waals surface area contributed by atoms with Gasteiger partial charge in [0, 0.05) is 6.61 Å². The Labute approximate surface area is 129 Å². The third kappa shape index (κ3) is 9.62. The zero-order valence-corrected chi connectivity index (χ0v) is 13.7. The van der Waals surface area contributed by atoms with Crippen molar-refractivity contribution in [3.05, 3.63) is 36.5 Å². The van der Waals surface area contributed by atoms with Crippen molar-refractivity contribution in [3.8, 4) is 0 Å². The SMILES string of the molecule is CCC/C=C/C=C\C=C\CCCOCC1COC(C)(C)O1. The first-order valence-corrected chi connectivity index (χ1v) is 8.02. The summed E-state index contributed by atoms with van der Waals surface area (Å²) in [5.74, 6) is -0.450. The Morgan fingerprint density at radius 3 is 2.43 bits per heavy atom. The summed E-state index contributed by atoms with van der Waals surface area (Å²) in [6, 6.07) is 0. The molecule has 1 fully saturated rings. The molecule has 1 aliphatic rings. The van der Waals surface area contributed by atoms with Crippen LogP contribution in [0.3, 0.4) is 0 Å². The van der Waals surface area contributed by atoms with Crippen LogP contribution >= 0.6 is 0 Å². The Kier molecular flexibility index (Phi) is 9.31. The third-order valence-electron chi connectivity index (χ3n) is 3.09. The maximum atomic E-state index is 5.67. The van der Waals surface area contributed by atoms with Gasteiger partial charge in [-0.2, -0.15) is 0 Å². The molecule has 0 aromatic heterocycles. The predicted octanol–water partition coefficient (Wildman–Crippen LogP) is 4.40. The Balaban J connectivity index is 1.93. The lowest BCUT2D eigenvalue weighted by Crippen LogP contribution is -2.24. The van der Waals surface area contributed by atoms with Crippen LogP contribution in [0.15, 0.2) is 36.5 Å². The molecular formula is C18H30O3. The number of hydrogen-bond acceptors (Lipinski definition) is 3. The van der Waals surface area contributed by atoms with Gasteiger partial charge >= 0.3 is 0 Å². The molecule has 0 spiro atoms. The van der Waals surface area contributed by atoms with Crippen molar-refractivity contribution in [3.63, 3.8) is 0 Å². The van der Waals surface area contributed by atoms with Gasteiger partial charge in [0.05, 0.1) is 13.2 Å². The third-order valence-corrected chi connectivity index (χ3v) is 3.09. The maximum Gasteiger partial charge on any atom is 0.163 e. The number of unbranched alkanes of at least 4 members (excludes halogenated alkanes) is 2. The predicted molar refractivity (Wildman–Crippen MR) is 87.3 cm³/mol. The molecule has 0 aromatic rings. The number of hydrogen-bond donors (Lipinski definition) is 0. The first-order valence-electron chi connectivity index (χ1n) is 8.02. The fraction of sp³-hybridized carbons (Fsp3) is 0.667. The Morgan fingerprint density at radius 1 is 1.10 bits per heavy atom. The molecule has 21 heavy (non-hydrogen) atoms. The van der Waals surface area contributed by atoms with Gasteiger partial charge in [-0.3, -0.25) is 0 Å². The smallest absolute Gasteiger partial charge is 0.163 e. The monoisotopic (exact) mass is 294 g/mol. The number of rotatable bonds is 10. The Bertz CT molecular complexity index is 342. The molecule has 1 heterocycles. The van der Waals surface area contributed by atoms with Crippen molar-refractivity contribution in [2.45, 2.75) is 58.3 Å². The second-order valence-corrected chi connectivity index (χ2v) is 5.70. The second kappa shape index (κ2) is 10.8. The van der Waals surface area contributed by atoms with E-state index in [9.17, 15) is 0 Å². The quantitative estimate of drug-likeness (QED) is 0.441. The molecule has 0 saturated carbocycles. The van der Waals surface area contributed by atoms with Crippen LogP contribution in [0.1, 0.15) is 46.5 Å². The molecule has 120 valence electrons. The van der Waals surface area contributed by atoms with Crippen LogP contribution in [0.4, 0.5) is 0 Å². The van der Waals surface area contributed by atoms with E-state index in [0.29, 0.717) is 13.2 Å². The molecule has 1 saturated heterocycles. The molecule has 3 nitrogen and oxygen atoms in total. The zero-order chi connectivity index (χ0) is 15.4. The molecule has 1 unspecified atom stereocenters. The molecular weight excluding hydrogens is 264 g/mol. The lowest BCUT2D eigenvalue weighted by molar-refractivity contribution is -0.145. The molecule has 1 aliphatic heterocycles. The normalized spacial score (nSPS) is 22.1. The average Bonchev–Trinajstić information content (AvgIpc) is 2.79. The van der Waals surface area contributed by atoms with Gasteiger partial charge in [-0.05, 0) is 33.1 Å². The van der Waals surface area contributed by atoms with Crippen LogP contribution in [0.5, 0.6) is 0 Å². The largest absolute Gasteiger partial charge is 0.379 e. The van der Waals surface area contributed by atoms with E-state index >= 15 is 0 Å². The molecule has 3 heteroatoms. The Morgan fingerprint density at radius 2 is 1.81 bits per heavy atom. The van der Waals surface area contributed by atoms with Crippen LogP contribution in [0, 0.1) is 0 Å². The maximum absolute atomic E-state index is 5.67. The van der Waals surface area contributed by atoms with E-state index in [0.717, 1.165) is 25.9 Å². The molecule has 0 amide bonds. The van der Waals surface area contributed by atoms with Gasteiger partial charge in [0.2, 0.25) is 0 Å². The topological polar surface area (TPSA) is 27.7 Å². The molecule has 0 N–H and O–H groups in total. The minimum absolute atomic E-state index is 0.0772. The number of allylic oxidation sites excluding steroid dienone is 6. The van der Waals surface area contributed by atoms with E-state index in [4.69, 9.17) is 14.2 Å². The van der Waals surface area contributed by atoms with Gasteiger partial charge in [-0.15, -0.1) is 0 Å². The fourth-order valence-electron chi connectivity index (χ4n) is 2.01. The van der Waals surface area contributed by atoms with Gasteiger partial charge in [0.1, 0.15) is 6.10 Å². The van der Waals surface area contributed by atoms with Gasteiger partial charge in [-0.25, -0.2) is 0 Å². The molecule has 0 aliphatic carbocycles. The van der Waals surface area contributed by atoms with Crippen LogP contribution in [-0.4, -0.2) is 31.7 Å². The Hall–Kier alpha value is -0.900. The highest BCUT2D eigenvalue weighted by atomic mass is 16.7. The van der Waals surface area contributed by atoms with Crippen molar-refractivity contribution in [1.82, 2.24) is 0 Å². The first-order chi connectivity index (χ1) is 10.1. The van der Waals surface area contributed by atoms with Crippen LogP contribution in [0.25, 0.3) is 0 Å². The molecule has 1 rings (SSSR count). The summed E-state index contributed by atoms with van der Waals surface area (Å²) in [5.41, 5.74) is 0. The average molecular weight is 294 g/mol. The van der Waals surface area contributed by atoms with Gasteiger partial charge in [0.15, 0.2) is 5.79 Å². The summed E-state index contributed by atoms with van der Waals surface area (Å²) in [6.45, 7) is 8.07. The summed E-state index contributed by atoms with van der Waals surface area (Å²) in [4.78, 5) is 0. The summed E-state index contributed by atoms with van der Waals surface area (Å²) in [5, 5.41) is 0. The van der Waals surface area contributed by atoms with E-state index in [1.807, 2.05) is 13.8 Å². The van der Waals surface area contributed by atoms with Crippen molar-refractivity contribution >= 4 is 0 Å². The van der Waals surface area contributed by atoms with E-state index in [-0.39, 0.29) is 6.10 Å². The molecule has 0 bridgehead atoms. The highest BCUT2D eigenvalue weighted by Crippen LogP contribution is 2.22. The number of ether oxygens (including phenoxy) is 3. The highest BCUT2D eigenvalue weighted by molar-refractivity contribution is 5.10. The van der Waals surface area contributed by atoms with Crippen molar-refractivity contribution in [1.29, 1.82) is 0 Å². The minimum Gasteiger partial charge on any atom is -0.379 e. The van der Waals surface area contributed by atoms with Gasteiger partial charge in [0.25, 0.3) is 0 Å². The van der Waals surface area contributed by atoms with Gasteiger partial charge in [-0.1, -0.05) is 49.8 Å². The first kappa shape index (κ1) is 18.1. The summed E-state index contributed by atoms with van der Waals surface area (Å²) in [6.07, 6.45) is 17.2. The lowest BCUT2D eigenvalue weighted by Gasteiger charge is -2.16. The van der Waals surface area contributed by atoms with Crippen molar-refractivity contribution in [2.75, 3.05) is 19.8 Å². The summed E-state index contributed by atoms with van der Waals surface area (Å²) >= 11 is 0. The highest BCUT2D eigenvalue weighted by Gasteiger charge is 2.32. The van der Waals surface area contributed by atoms with Crippen molar-refractivity contribution in [2.24, 2.45) is 0 Å². The standard InChI is InChI=1S/C18H30O3/c1-4-5-6-7-8-9-10-11-12-13-14-19-15-17-16-20-18(2,3)21-17/h6-11,17H,4-5,12-16H2,1-3H3/b7-6+,9-8-,11-10+. The van der Waals surface area contributed by atoms with E-state index in [1.54, 1.807) is 0 Å². The summed E-state index contributed by atoms with van der Waals surface area (Å²) in [7, 11) is 0. The van der Waals surface area contributed by atoms with E-state index in [2.05, 4.69) is 43.4 Å². The minimum atomic E-state index is -0.450. The molecule has 0 aromatic carbocycles. The van der Waals surface area contributed by atoms with Crippen LogP contribution < -0.4 is 0 Å². The molecule has 1 atom stereocenters.